The van der Waals surface area contributed by atoms with Crippen LogP contribution < -0.4 is 14.8 Å². The second kappa shape index (κ2) is 8.94. The van der Waals surface area contributed by atoms with Crippen LogP contribution in [0.3, 0.4) is 0 Å². The molecule has 23 heavy (non-hydrogen) atoms. The number of nitrogens with one attached hydrogen (secondary N) is 1. The van der Waals surface area contributed by atoms with Crippen LogP contribution in [-0.2, 0) is 13.0 Å². The monoisotopic (exact) mass is 377 g/mol. The van der Waals surface area contributed by atoms with Gasteiger partial charge in [-0.05, 0) is 66.0 Å². The minimum atomic E-state index is 0.107. The summed E-state index contributed by atoms with van der Waals surface area (Å²) in [6, 6.07) is 14.6. The largest absolute Gasteiger partial charge is 0.493 e. The Kier molecular flexibility index (Phi) is 6.93. The molecule has 0 radical (unpaired) electrons. The molecule has 4 heteroatoms. The molecule has 0 aliphatic heterocycles. The topological polar surface area (TPSA) is 30.5 Å². The first-order chi connectivity index (χ1) is 11.1. The van der Waals surface area contributed by atoms with E-state index in [9.17, 15) is 0 Å². The molecule has 0 unspecified atom stereocenters. The van der Waals surface area contributed by atoms with E-state index in [-0.39, 0.29) is 6.10 Å². The number of rotatable bonds is 8. The van der Waals surface area contributed by atoms with Crippen LogP contribution in [0.15, 0.2) is 46.9 Å². The molecule has 0 aliphatic rings. The first-order valence-electron chi connectivity index (χ1n) is 7.88. The summed E-state index contributed by atoms with van der Waals surface area (Å²) in [4.78, 5) is 0. The molecule has 2 aromatic rings. The van der Waals surface area contributed by atoms with Gasteiger partial charge in [0.15, 0.2) is 11.5 Å². The minimum absolute atomic E-state index is 0.107. The van der Waals surface area contributed by atoms with Crippen molar-refractivity contribution >= 4 is 15.9 Å². The number of methoxy groups -OCH3 is 1. The smallest absolute Gasteiger partial charge is 0.175 e. The van der Waals surface area contributed by atoms with Crippen LogP contribution in [0.1, 0.15) is 25.0 Å². The molecule has 124 valence electrons. The molecule has 0 saturated carbocycles. The van der Waals surface area contributed by atoms with Gasteiger partial charge in [-0.25, -0.2) is 0 Å². The van der Waals surface area contributed by atoms with E-state index in [2.05, 4.69) is 51.6 Å². The molecule has 0 saturated heterocycles. The maximum absolute atomic E-state index is 5.81. The van der Waals surface area contributed by atoms with Gasteiger partial charge < -0.3 is 14.8 Å². The van der Waals surface area contributed by atoms with Gasteiger partial charge in [-0.15, -0.1) is 0 Å². The molecular formula is C19H24BrNO2. The number of hydrogen-bond donors (Lipinski definition) is 1. The lowest BCUT2D eigenvalue weighted by Crippen LogP contribution is -2.17. The number of halogens is 1. The highest BCUT2D eigenvalue weighted by Crippen LogP contribution is 2.37. The lowest BCUT2D eigenvalue weighted by Gasteiger charge is -2.16. The van der Waals surface area contributed by atoms with E-state index in [1.54, 1.807) is 7.11 Å². The predicted octanol–water partition coefficient (Wildman–Crippen LogP) is 4.58. The second-order valence-corrected chi connectivity index (χ2v) is 6.54. The minimum Gasteiger partial charge on any atom is -0.493 e. The molecule has 3 nitrogen and oxygen atoms in total. The Morgan fingerprint density at radius 2 is 1.83 bits per heavy atom. The van der Waals surface area contributed by atoms with Crippen LogP contribution >= 0.6 is 15.9 Å². The lowest BCUT2D eigenvalue weighted by atomic mass is 10.1. The summed E-state index contributed by atoms with van der Waals surface area (Å²) in [7, 11) is 1.67. The summed E-state index contributed by atoms with van der Waals surface area (Å²) < 4.78 is 12.2. The first kappa shape index (κ1) is 17.8. The van der Waals surface area contributed by atoms with Crippen molar-refractivity contribution in [3.05, 3.63) is 58.1 Å². The van der Waals surface area contributed by atoms with Crippen LogP contribution in [0, 0.1) is 0 Å². The standard InChI is InChI=1S/C19H24BrNO2/c1-14(2)23-19-17(20)11-16(12-18(19)22-3)13-21-10-9-15-7-5-4-6-8-15/h4-8,11-12,14,21H,9-10,13H2,1-3H3. The van der Waals surface area contributed by atoms with Crippen molar-refractivity contribution in [2.75, 3.05) is 13.7 Å². The maximum atomic E-state index is 5.81. The normalized spacial score (nSPS) is 10.8. The van der Waals surface area contributed by atoms with Crippen molar-refractivity contribution in [3.63, 3.8) is 0 Å². The molecule has 0 fully saturated rings. The number of benzene rings is 2. The molecule has 1 N–H and O–H groups in total. The van der Waals surface area contributed by atoms with Crippen molar-refractivity contribution in [2.24, 2.45) is 0 Å². The summed E-state index contributed by atoms with van der Waals surface area (Å²) in [5.41, 5.74) is 2.51. The maximum Gasteiger partial charge on any atom is 0.175 e. The molecule has 0 atom stereocenters. The number of hydrogen-bond acceptors (Lipinski definition) is 3. The summed E-state index contributed by atoms with van der Waals surface area (Å²) in [6.07, 6.45) is 1.13. The average molecular weight is 378 g/mol. The Morgan fingerprint density at radius 3 is 2.48 bits per heavy atom. The highest BCUT2D eigenvalue weighted by atomic mass is 79.9. The summed E-state index contributed by atoms with van der Waals surface area (Å²) in [6.45, 7) is 5.74. The van der Waals surface area contributed by atoms with Gasteiger partial charge in [-0.1, -0.05) is 30.3 Å². The fourth-order valence-electron chi connectivity index (χ4n) is 2.34. The van der Waals surface area contributed by atoms with Gasteiger partial charge in [0.1, 0.15) is 0 Å². The quantitative estimate of drug-likeness (QED) is 0.683. The predicted molar refractivity (Wildman–Crippen MR) is 98.3 cm³/mol. The second-order valence-electron chi connectivity index (χ2n) is 5.69. The van der Waals surface area contributed by atoms with Crippen molar-refractivity contribution in [3.8, 4) is 11.5 Å². The molecule has 0 aromatic heterocycles. The van der Waals surface area contributed by atoms with Crippen LogP contribution in [0.2, 0.25) is 0 Å². The molecule has 0 spiro atoms. The molecular weight excluding hydrogens is 354 g/mol. The zero-order chi connectivity index (χ0) is 16.7. The highest BCUT2D eigenvalue weighted by molar-refractivity contribution is 9.10. The van der Waals surface area contributed by atoms with Crippen LogP contribution in [0.25, 0.3) is 0 Å². The van der Waals surface area contributed by atoms with Crippen molar-refractivity contribution in [1.29, 1.82) is 0 Å². The third-order valence-electron chi connectivity index (χ3n) is 3.41. The molecule has 0 amide bonds. The Morgan fingerprint density at radius 1 is 1.09 bits per heavy atom. The fraction of sp³-hybridized carbons (Fsp3) is 0.368. The molecule has 2 aromatic carbocycles. The van der Waals surface area contributed by atoms with Crippen LogP contribution in [0.4, 0.5) is 0 Å². The van der Waals surface area contributed by atoms with Gasteiger partial charge >= 0.3 is 0 Å². The Balaban J connectivity index is 1.93. The fourth-order valence-corrected chi connectivity index (χ4v) is 2.92. The zero-order valence-electron chi connectivity index (χ0n) is 13.9. The van der Waals surface area contributed by atoms with Gasteiger partial charge in [0, 0.05) is 6.54 Å². The van der Waals surface area contributed by atoms with Crippen molar-refractivity contribution in [2.45, 2.75) is 32.9 Å². The zero-order valence-corrected chi connectivity index (χ0v) is 15.5. The van der Waals surface area contributed by atoms with Crippen molar-refractivity contribution < 1.29 is 9.47 Å². The van der Waals surface area contributed by atoms with E-state index < -0.39 is 0 Å². The van der Waals surface area contributed by atoms with Crippen LogP contribution in [0.5, 0.6) is 11.5 Å². The van der Waals surface area contributed by atoms with E-state index in [1.807, 2.05) is 26.0 Å². The van der Waals surface area contributed by atoms with E-state index in [0.29, 0.717) is 0 Å². The Hall–Kier alpha value is -1.52. The van der Waals surface area contributed by atoms with Gasteiger partial charge in [-0.2, -0.15) is 0 Å². The molecule has 0 bridgehead atoms. The third-order valence-corrected chi connectivity index (χ3v) is 3.99. The Labute approximate surface area is 147 Å². The average Bonchev–Trinajstić information content (AvgIpc) is 2.54. The van der Waals surface area contributed by atoms with Gasteiger partial charge in [0.25, 0.3) is 0 Å². The van der Waals surface area contributed by atoms with Gasteiger partial charge in [-0.3, -0.25) is 0 Å². The summed E-state index contributed by atoms with van der Waals surface area (Å²) >= 11 is 3.58. The summed E-state index contributed by atoms with van der Waals surface area (Å²) in [5, 5.41) is 3.47. The molecule has 0 heterocycles. The lowest BCUT2D eigenvalue weighted by molar-refractivity contribution is 0.228. The van der Waals surface area contributed by atoms with Gasteiger partial charge in [0.05, 0.1) is 17.7 Å². The highest BCUT2D eigenvalue weighted by Gasteiger charge is 2.12. The van der Waals surface area contributed by atoms with E-state index >= 15 is 0 Å². The van der Waals surface area contributed by atoms with E-state index in [0.717, 1.165) is 41.0 Å². The third kappa shape index (κ3) is 5.56. The SMILES string of the molecule is COc1cc(CNCCc2ccccc2)cc(Br)c1OC(C)C. The molecule has 2 rings (SSSR count). The van der Waals surface area contributed by atoms with E-state index in [4.69, 9.17) is 9.47 Å². The van der Waals surface area contributed by atoms with Crippen LogP contribution in [-0.4, -0.2) is 19.8 Å². The van der Waals surface area contributed by atoms with E-state index in [1.165, 1.54) is 5.56 Å². The summed E-state index contributed by atoms with van der Waals surface area (Å²) in [5.74, 6) is 1.52. The molecule has 0 aliphatic carbocycles. The Bertz CT molecular complexity index is 614. The van der Waals surface area contributed by atoms with Crippen molar-refractivity contribution in [1.82, 2.24) is 5.32 Å². The first-order valence-corrected chi connectivity index (χ1v) is 8.67. The van der Waals surface area contributed by atoms with Gasteiger partial charge in [0.2, 0.25) is 0 Å². The number of ether oxygens (including phenoxy) is 2.